The van der Waals surface area contributed by atoms with Crippen LogP contribution in [0.15, 0.2) is 95.5 Å². The Hall–Kier alpha value is -2.28. The molecule has 0 radical (unpaired) electrons. The van der Waals surface area contributed by atoms with Gasteiger partial charge in [-0.05, 0) is 75.0 Å². The van der Waals surface area contributed by atoms with Gasteiger partial charge in [0, 0.05) is 17.3 Å². The van der Waals surface area contributed by atoms with E-state index in [1.54, 1.807) is 0 Å². The Morgan fingerprint density at radius 1 is 1.22 bits per heavy atom. The average molecular weight is 430 g/mol. The van der Waals surface area contributed by atoms with Crippen molar-refractivity contribution in [1.29, 1.82) is 0 Å². The van der Waals surface area contributed by atoms with Gasteiger partial charge in [-0.25, -0.2) is 0 Å². The summed E-state index contributed by atoms with van der Waals surface area (Å²) in [4.78, 5) is 0. The van der Waals surface area contributed by atoms with Gasteiger partial charge < -0.3 is 5.32 Å². The quantitative estimate of drug-likeness (QED) is 0.361. The highest BCUT2D eigenvalue weighted by atomic mass is 14.9. The lowest BCUT2D eigenvalue weighted by Crippen LogP contribution is -2.20. The van der Waals surface area contributed by atoms with Crippen LogP contribution in [0.2, 0.25) is 0 Å². The van der Waals surface area contributed by atoms with Crippen molar-refractivity contribution in [2.45, 2.75) is 72.6 Å². The highest BCUT2D eigenvalue weighted by molar-refractivity contribution is 5.42. The molecule has 0 amide bonds. The first-order chi connectivity index (χ1) is 15.4. The summed E-state index contributed by atoms with van der Waals surface area (Å²) in [5.74, 6) is 2.33. The maximum atomic E-state index is 4.32. The molecule has 0 spiro atoms. The van der Waals surface area contributed by atoms with Crippen molar-refractivity contribution in [3.05, 3.63) is 95.5 Å². The van der Waals surface area contributed by atoms with Crippen LogP contribution in [-0.4, -0.2) is 0 Å². The van der Waals surface area contributed by atoms with E-state index in [9.17, 15) is 0 Å². The van der Waals surface area contributed by atoms with E-state index in [0.29, 0.717) is 17.8 Å². The first kappa shape index (κ1) is 24.4. The highest BCUT2D eigenvalue weighted by Crippen LogP contribution is 2.33. The summed E-state index contributed by atoms with van der Waals surface area (Å²) in [7, 11) is 0. The summed E-state index contributed by atoms with van der Waals surface area (Å²) < 4.78 is 0. The first-order valence-electron chi connectivity index (χ1n) is 12.6. The van der Waals surface area contributed by atoms with Crippen LogP contribution in [0.5, 0.6) is 0 Å². The molecule has 1 fully saturated rings. The predicted molar refractivity (Wildman–Crippen MR) is 141 cm³/mol. The lowest BCUT2D eigenvalue weighted by molar-refractivity contribution is 0.529. The molecule has 1 nitrogen and oxygen atoms in total. The van der Waals surface area contributed by atoms with Gasteiger partial charge in [0.15, 0.2) is 0 Å². The fourth-order valence-corrected chi connectivity index (χ4v) is 5.30. The van der Waals surface area contributed by atoms with Crippen molar-refractivity contribution in [3.8, 4) is 0 Å². The Morgan fingerprint density at radius 2 is 1.97 bits per heavy atom. The van der Waals surface area contributed by atoms with Gasteiger partial charge in [0.05, 0.1) is 0 Å². The second-order valence-electron chi connectivity index (χ2n) is 10.1. The van der Waals surface area contributed by atoms with Crippen molar-refractivity contribution in [1.82, 2.24) is 5.32 Å². The number of allylic oxidation sites excluding steroid dienone is 13. The van der Waals surface area contributed by atoms with Crippen molar-refractivity contribution in [2.24, 2.45) is 23.7 Å². The molecule has 3 unspecified atom stereocenters. The molecule has 3 rings (SSSR count). The molecule has 1 saturated carbocycles. The molecule has 3 aliphatic carbocycles. The Labute approximate surface area is 197 Å². The van der Waals surface area contributed by atoms with Gasteiger partial charge in [-0.3, -0.25) is 0 Å². The third kappa shape index (κ3) is 6.61. The highest BCUT2D eigenvalue weighted by Gasteiger charge is 2.21. The van der Waals surface area contributed by atoms with Crippen molar-refractivity contribution in [2.75, 3.05) is 0 Å². The molecule has 3 aliphatic rings. The number of hydrogen-bond donors (Lipinski definition) is 1. The zero-order chi connectivity index (χ0) is 23.1. The molecule has 0 bridgehead atoms. The molecule has 0 aliphatic heterocycles. The largest absolute Gasteiger partial charge is 0.360 e. The molecule has 32 heavy (non-hydrogen) atoms. The van der Waals surface area contributed by atoms with Crippen LogP contribution in [0, 0.1) is 23.7 Å². The zero-order valence-electron chi connectivity index (χ0n) is 20.8. The molecule has 0 aromatic heterocycles. The van der Waals surface area contributed by atoms with Crippen LogP contribution in [0.25, 0.3) is 0 Å². The lowest BCUT2D eigenvalue weighted by Gasteiger charge is -2.26. The van der Waals surface area contributed by atoms with Crippen molar-refractivity contribution < 1.29 is 0 Å². The van der Waals surface area contributed by atoms with Gasteiger partial charge in [-0.15, -0.1) is 0 Å². The third-order valence-electron chi connectivity index (χ3n) is 7.43. The maximum absolute atomic E-state index is 4.32. The normalized spacial score (nSPS) is 26.7. The summed E-state index contributed by atoms with van der Waals surface area (Å²) in [5.41, 5.74) is 7.71. The zero-order valence-corrected chi connectivity index (χ0v) is 20.8. The van der Waals surface area contributed by atoms with Crippen LogP contribution < -0.4 is 5.32 Å². The molecule has 3 atom stereocenters. The number of hydrogen-bond acceptors (Lipinski definition) is 1. The van der Waals surface area contributed by atoms with Gasteiger partial charge in [0.25, 0.3) is 0 Å². The minimum Gasteiger partial charge on any atom is -0.360 e. The van der Waals surface area contributed by atoms with Crippen LogP contribution in [0.3, 0.4) is 0 Å². The van der Waals surface area contributed by atoms with Crippen LogP contribution >= 0.6 is 0 Å². The minimum absolute atomic E-state index is 0.404. The molecular weight excluding hydrogens is 386 g/mol. The maximum Gasteiger partial charge on any atom is 0.0344 e. The SMILES string of the molecule is C=C(CC1CCCC1)NC1=CC(/C(C=CCC2CC=C(C(=C)C)C=C2C)=C\C)C(C)C=C1. The minimum atomic E-state index is 0.404. The van der Waals surface area contributed by atoms with E-state index in [1.807, 2.05) is 0 Å². The van der Waals surface area contributed by atoms with Crippen LogP contribution in [0.4, 0.5) is 0 Å². The lowest BCUT2D eigenvalue weighted by atomic mass is 9.81. The Morgan fingerprint density at radius 3 is 2.62 bits per heavy atom. The summed E-state index contributed by atoms with van der Waals surface area (Å²) in [6.45, 7) is 17.2. The fraction of sp³-hybridized carbons (Fsp3) is 0.484. The summed E-state index contributed by atoms with van der Waals surface area (Å²) in [5, 5.41) is 3.61. The van der Waals surface area contributed by atoms with Gasteiger partial charge in [0.1, 0.15) is 0 Å². The first-order valence-corrected chi connectivity index (χ1v) is 12.6. The molecule has 1 heteroatoms. The molecule has 0 heterocycles. The van der Waals surface area contributed by atoms with Crippen molar-refractivity contribution >= 4 is 0 Å². The fourth-order valence-electron chi connectivity index (χ4n) is 5.30. The van der Waals surface area contributed by atoms with E-state index in [1.165, 1.54) is 53.8 Å². The molecule has 0 aromatic carbocycles. The number of nitrogens with one attached hydrogen (secondary N) is 1. The van der Waals surface area contributed by atoms with E-state index >= 15 is 0 Å². The van der Waals surface area contributed by atoms with Gasteiger partial charge in [0.2, 0.25) is 0 Å². The van der Waals surface area contributed by atoms with Crippen LogP contribution in [0.1, 0.15) is 72.6 Å². The van der Waals surface area contributed by atoms with E-state index in [-0.39, 0.29) is 0 Å². The summed E-state index contributed by atoms with van der Waals surface area (Å²) in [6.07, 6.45) is 27.5. The molecule has 0 aromatic rings. The third-order valence-corrected chi connectivity index (χ3v) is 7.43. The summed E-state index contributed by atoms with van der Waals surface area (Å²) >= 11 is 0. The van der Waals surface area contributed by atoms with E-state index < -0.39 is 0 Å². The van der Waals surface area contributed by atoms with Gasteiger partial charge in [-0.2, -0.15) is 0 Å². The van der Waals surface area contributed by atoms with Crippen molar-refractivity contribution in [3.63, 3.8) is 0 Å². The Balaban J connectivity index is 1.59. The topological polar surface area (TPSA) is 12.0 Å². The Kier molecular flexibility index (Phi) is 8.79. The second-order valence-corrected chi connectivity index (χ2v) is 10.1. The number of rotatable bonds is 9. The van der Waals surface area contributed by atoms with Gasteiger partial charge >= 0.3 is 0 Å². The molecular formula is C31H43N. The standard InChI is InChI=1S/C31H43N/c1-7-27(13-10-14-28-16-17-29(22(2)3)19-24(28)5)31-21-30(18-15-23(31)4)32-25(6)20-26-11-8-9-12-26/h7,10,13,15,17-19,21,23,26,28,31-32H,2,6,8-9,11-12,14,16,20H2,1,3-5H3/b13-10?,27-7-. The second kappa shape index (κ2) is 11.5. The summed E-state index contributed by atoms with van der Waals surface area (Å²) in [6, 6.07) is 0. The van der Waals surface area contributed by atoms with E-state index in [4.69, 9.17) is 0 Å². The average Bonchev–Trinajstić information content (AvgIpc) is 3.26. The van der Waals surface area contributed by atoms with Crippen LogP contribution in [-0.2, 0) is 0 Å². The Bertz CT molecular complexity index is 879. The van der Waals surface area contributed by atoms with E-state index in [0.717, 1.165) is 30.8 Å². The van der Waals surface area contributed by atoms with Gasteiger partial charge in [-0.1, -0.05) is 99.4 Å². The molecule has 0 saturated heterocycles. The predicted octanol–water partition coefficient (Wildman–Crippen LogP) is 8.74. The molecule has 1 N–H and O–H groups in total. The monoisotopic (exact) mass is 429 g/mol. The van der Waals surface area contributed by atoms with E-state index in [2.05, 4.69) is 94.8 Å². The molecule has 172 valence electrons. The smallest absolute Gasteiger partial charge is 0.0344 e.